The molecule has 0 aliphatic rings. The van der Waals surface area contributed by atoms with E-state index in [1.807, 2.05) is 0 Å². The van der Waals surface area contributed by atoms with Gasteiger partial charge < -0.3 is 21.1 Å². The number of hydrogen-bond acceptors (Lipinski definition) is 7. The fourth-order valence-corrected chi connectivity index (χ4v) is 2.45. The zero-order chi connectivity index (χ0) is 19.8. The largest absolute Gasteiger partial charge is 0.451 e. The highest BCUT2D eigenvalue weighted by molar-refractivity contribution is 6.40. The molecule has 1 unspecified atom stereocenters. The minimum Gasteiger partial charge on any atom is -0.427 e. The molecule has 2 aromatic rings. The number of hydrogen-bond donors (Lipinski definition) is 4. The Morgan fingerprint density at radius 1 is 1.29 bits per heavy atom. The van der Waals surface area contributed by atoms with Crippen LogP contribution < -0.4 is 11.1 Å². The molecule has 1 heterocycles. The molecular formula is C15H22BClF2N6O3. The van der Waals surface area contributed by atoms with Gasteiger partial charge in [0, 0.05) is 6.54 Å². The van der Waals surface area contributed by atoms with Gasteiger partial charge in [-0.25, -0.2) is 13.5 Å². The average molecular weight is 419 g/mol. The molecule has 13 heteroatoms. The molecule has 0 aliphatic heterocycles. The lowest BCUT2D eigenvalue weighted by Crippen LogP contribution is -2.29. The van der Waals surface area contributed by atoms with Crippen LogP contribution in [-0.4, -0.2) is 43.3 Å². The first-order valence-corrected chi connectivity index (χ1v) is 8.45. The van der Waals surface area contributed by atoms with Crippen molar-refractivity contribution in [2.45, 2.75) is 44.7 Å². The van der Waals surface area contributed by atoms with Crippen molar-refractivity contribution in [3.05, 3.63) is 41.2 Å². The van der Waals surface area contributed by atoms with Gasteiger partial charge in [0.15, 0.2) is 17.5 Å². The zero-order valence-electron chi connectivity index (χ0n) is 15.0. The zero-order valence-corrected chi connectivity index (χ0v) is 15.8. The molecule has 5 N–H and O–H groups in total. The van der Waals surface area contributed by atoms with Crippen molar-refractivity contribution in [1.82, 2.24) is 25.5 Å². The second-order valence-corrected chi connectivity index (χ2v) is 6.09. The maximum absolute atomic E-state index is 13.2. The third-order valence-electron chi connectivity index (χ3n) is 3.89. The van der Waals surface area contributed by atoms with Gasteiger partial charge in [0.25, 0.3) is 0 Å². The number of amides is 1. The fourth-order valence-electron chi connectivity index (χ4n) is 2.45. The maximum atomic E-state index is 13.2. The number of tetrazole rings is 1. The first-order valence-electron chi connectivity index (χ1n) is 8.45. The quantitative estimate of drug-likeness (QED) is 0.322. The van der Waals surface area contributed by atoms with Crippen molar-refractivity contribution >= 4 is 25.4 Å². The summed E-state index contributed by atoms with van der Waals surface area (Å²) in [5.41, 5.74) is 6.45. The minimum atomic E-state index is -1.34. The van der Waals surface area contributed by atoms with Crippen molar-refractivity contribution in [1.29, 1.82) is 0 Å². The summed E-state index contributed by atoms with van der Waals surface area (Å²) >= 11 is 0. The molecule has 1 aromatic heterocycles. The molecule has 1 aromatic carbocycles. The number of halogens is 3. The summed E-state index contributed by atoms with van der Waals surface area (Å²) in [6.07, 6.45) is 2.00. The van der Waals surface area contributed by atoms with E-state index < -0.39 is 30.7 Å². The Kier molecular flexibility index (Phi) is 9.93. The van der Waals surface area contributed by atoms with Gasteiger partial charge in [-0.15, -0.1) is 17.5 Å². The molecule has 154 valence electrons. The molecule has 0 saturated carbocycles. The molecule has 2 rings (SSSR count). The Labute approximate surface area is 166 Å². The number of rotatable bonds is 10. The molecule has 28 heavy (non-hydrogen) atoms. The Hall–Kier alpha value is -2.15. The minimum absolute atomic E-state index is 0. The third-order valence-corrected chi connectivity index (χ3v) is 3.89. The Morgan fingerprint density at radius 2 is 2.04 bits per heavy atom. The van der Waals surface area contributed by atoms with Crippen LogP contribution in [0.4, 0.5) is 8.78 Å². The van der Waals surface area contributed by atoms with E-state index in [0.717, 1.165) is 12.1 Å². The van der Waals surface area contributed by atoms with Crippen molar-refractivity contribution in [3.8, 4) is 0 Å². The lowest BCUT2D eigenvalue weighted by Gasteiger charge is -2.12. The van der Waals surface area contributed by atoms with Gasteiger partial charge in [-0.1, -0.05) is 18.9 Å². The van der Waals surface area contributed by atoms with Crippen molar-refractivity contribution in [2.24, 2.45) is 5.73 Å². The summed E-state index contributed by atoms with van der Waals surface area (Å²) in [4.78, 5) is 12.1. The smallest absolute Gasteiger partial charge is 0.427 e. The van der Waals surface area contributed by atoms with Gasteiger partial charge in [-0.05, 0) is 40.9 Å². The normalized spacial score (nSPS) is 11.6. The van der Waals surface area contributed by atoms with Gasteiger partial charge in [0.2, 0.25) is 5.91 Å². The van der Waals surface area contributed by atoms with Crippen molar-refractivity contribution in [2.75, 3.05) is 0 Å². The summed E-state index contributed by atoms with van der Waals surface area (Å²) in [6, 6.07) is 2.87. The predicted octanol–water partition coefficient (Wildman–Crippen LogP) is 0.332. The van der Waals surface area contributed by atoms with Crippen molar-refractivity contribution < 1.29 is 23.6 Å². The number of carbonyl (C=O) groups excluding carboxylic acids is 1. The van der Waals surface area contributed by atoms with Gasteiger partial charge in [0.05, 0.1) is 6.04 Å². The van der Waals surface area contributed by atoms with E-state index in [-0.39, 0.29) is 31.8 Å². The molecule has 0 saturated heterocycles. The van der Waals surface area contributed by atoms with E-state index in [1.54, 1.807) is 0 Å². The van der Waals surface area contributed by atoms with Gasteiger partial charge in [-0.3, -0.25) is 4.79 Å². The number of unbranched alkanes of at least 4 members (excludes halogenated alkanes) is 1. The number of nitrogens with one attached hydrogen (secondary N) is 1. The standard InChI is InChI=1S/C15H21BF2N6O3.ClH/c17-11-5-4-10(7-12(11)18)8-20-14(25)9-24-15(21-22-23-24)13(19)3-1-2-6-16(26)27;/h4-5,7,13,26-27H,1-3,6,8-9,19H2,(H,20,25);1H. The Balaban J connectivity index is 0.00000392. The second kappa shape index (κ2) is 11.6. The summed E-state index contributed by atoms with van der Waals surface area (Å²) in [6.45, 7) is -0.141. The molecular weight excluding hydrogens is 396 g/mol. The summed E-state index contributed by atoms with van der Waals surface area (Å²) < 4.78 is 27.3. The first-order chi connectivity index (χ1) is 12.9. The molecule has 0 fully saturated rings. The van der Waals surface area contributed by atoms with Crippen LogP contribution in [0.25, 0.3) is 0 Å². The van der Waals surface area contributed by atoms with E-state index in [0.29, 0.717) is 30.7 Å². The average Bonchev–Trinajstić information content (AvgIpc) is 3.07. The van der Waals surface area contributed by atoms with Crippen LogP contribution >= 0.6 is 12.4 Å². The van der Waals surface area contributed by atoms with Gasteiger partial charge in [-0.2, -0.15) is 0 Å². The van der Waals surface area contributed by atoms with E-state index in [2.05, 4.69) is 20.8 Å². The number of nitrogens with zero attached hydrogens (tertiary/aromatic N) is 4. The summed E-state index contributed by atoms with van der Waals surface area (Å²) in [5.74, 6) is -2.01. The monoisotopic (exact) mass is 418 g/mol. The van der Waals surface area contributed by atoms with E-state index in [4.69, 9.17) is 15.8 Å². The highest BCUT2D eigenvalue weighted by Gasteiger charge is 2.17. The lowest BCUT2D eigenvalue weighted by atomic mass is 9.83. The number of carbonyl (C=O) groups is 1. The van der Waals surface area contributed by atoms with Crippen LogP contribution in [0, 0.1) is 11.6 Å². The molecule has 0 aliphatic carbocycles. The molecule has 1 atom stereocenters. The highest BCUT2D eigenvalue weighted by atomic mass is 35.5. The highest BCUT2D eigenvalue weighted by Crippen LogP contribution is 2.15. The van der Waals surface area contributed by atoms with Gasteiger partial charge in [0.1, 0.15) is 6.54 Å². The van der Waals surface area contributed by atoms with Crippen LogP contribution in [-0.2, 0) is 17.9 Å². The molecule has 0 radical (unpaired) electrons. The SMILES string of the molecule is Cl.NC(CCCCB(O)O)c1nnnn1CC(=O)NCc1ccc(F)c(F)c1. The van der Waals surface area contributed by atoms with Crippen LogP contribution in [0.5, 0.6) is 0 Å². The molecule has 0 bridgehead atoms. The Morgan fingerprint density at radius 3 is 2.71 bits per heavy atom. The number of aromatic nitrogens is 4. The number of nitrogens with two attached hydrogens (primary N) is 1. The van der Waals surface area contributed by atoms with Crippen LogP contribution in [0.1, 0.15) is 36.7 Å². The van der Waals surface area contributed by atoms with E-state index >= 15 is 0 Å². The van der Waals surface area contributed by atoms with Crippen molar-refractivity contribution in [3.63, 3.8) is 0 Å². The van der Waals surface area contributed by atoms with Crippen LogP contribution in [0.3, 0.4) is 0 Å². The molecule has 9 nitrogen and oxygen atoms in total. The van der Waals surface area contributed by atoms with E-state index in [9.17, 15) is 13.6 Å². The summed E-state index contributed by atoms with van der Waals surface area (Å²) in [5, 5.41) is 31.3. The van der Waals surface area contributed by atoms with Gasteiger partial charge >= 0.3 is 7.12 Å². The second-order valence-electron chi connectivity index (χ2n) is 6.09. The number of benzene rings is 1. The van der Waals surface area contributed by atoms with Crippen LogP contribution in [0.2, 0.25) is 6.32 Å². The third kappa shape index (κ3) is 7.47. The van der Waals surface area contributed by atoms with E-state index in [1.165, 1.54) is 10.7 Å². The first kappa shape index (κ1) is 23.9. The summed E-state index contributed by atoms with van der Waals surface area (Å²) in [7, 11) is -1.34. The maximum Gasteiger partial charge on any atom is 0.451 e. The lowest BCUT2D eigenvalue weighted by molar-refractivity contribution is -0.122. The fraction of sp³-hybridized carbons (Fsp3) is 0.467. The topological polar surface area (TPSA) is 139 Å². The molecule has 0 spiro atoms. The molecule has 1 amide bonds. The van der Waals surface area contributed by atoms with Crippen LogP contribution in [0.15, 0.2) is 18.2 Å². The Bertz CT molecular complexity index is 767. The predicted molar refractivity (Wildman–Crippen MR) is 99.0 cm³/mol.